The summed E-state index contributed by atoms with van der Waals surface area (Å²) in [6.45, 7) is 1.72. The summed E-state index contributed by atoms with van der Waals surface area (Å²) in [5, 5.41) is 13.7. The van der Waals surface area contributed by atoms with Crippen LogP contribution in [0.1, 0.15) is 12.8 Å². The molecule has 0 bridgehead atoms. The highest BCUT2D eigenvalue weighted by molar-refractivity contribution is 5.68. The molecule has 0 unspecified atom stereocenters. The number of hydrogen-bond acceptors (Lipinski definition) is 4. The highest BCUT2D eigenvalue weighted by Gasteiger charge is 2.19. The number of anilines is 1. The SMILES string of the molecule is OC1CCN(c2nccn3nccc23)CC1. The molecule has 0 saturated carbocycles. The van der Waals surface area contributed by atoms with Crippen LogP contribution >= 0.6 is 0 Å². The van der Waals surface area contributed by atoms with Crippen LogP contribution in [0.5, 0.6) is 0 Å². The molecule has 0 aromatic carbocycles. The van der Waals surface area contributed by atoms with Gasteiger partial charge in [-0.3, -0.25) is 0 Å². The van der Waals surface area contributed by atoms with Gasteiger partial charge in [-0.15, -0.1) is 0 Å². The Labute approximate surface area is 93.3 Å². The quantitative estimate of drug-likeness (QED) is 0.765. The lowest BCUT2D eigenvalue weighted by Crippen LogP contribution is -2.36. The maximum absolute atomic E-state index is 9.48. The fraction of sp³-hybridized carbons (Fsp3) is 0.455. The average Bonchev–Trinajstić information content (AvgIpc) is 2.78. The highest BCUT2D eigenvalue weighted by atomic mass is 16.3. The van der Waals surface area contributed by atoms with Crippen molar-refractivity contribution < 1.29 is 5.11 Å². The van der Waals surface area contributed by atoms with Crippen LogP contribution in [-0.2, 0) is 0 Å². The molecule has 1 aliphatic heterocycles. The van der Waals surface area contributed by atoms with Crippen LogP contribution in [0.4, 0.5) is 5.82 Å². The molecule has 2 aromatic rings. The molecule has 1 aliphatic rings. The Balaban J connectivity index is 1.96. The van der Waals surface area contributed by atoms with Gasteiger partial charge in [-0.05, 0) is 18.9 Å². The minimum absolute atomic E-state index is 0.152. The number of nitrogens with zero attached hydrogens (tertiary/aromatic N) is 4. The predicted octanol–water partition coefficient (Wildman–Crippen LogP) is 0.690. The molecule has 84 valence electrons. The molecule has 0 atom stereocenters. The average molecular weight is 218 g/mol. The second-order valence-electron chi connectivity index (χ2n) is 4.13. The largest absolute Gasteiger partial charge is 0.393 e. The van der Waals surface area contributed by atoms with E-state index in [1.807, 2.05) is 16.8 Å². The molecule has 0 spiro atoms. The third-order valence-corrected chi connectivity index (χ3v) is 3.07. The van der Waals surface area contributed by atoms with Gasteiger partial charge in [-0.25, -0.2) is 9.50 Å². The van der Waals surface area contributed by atoms with E-state index in [9.17, 15) is 5.11 Å². The first-order chi connectivity index (χ1) is 7.84. The maximum Gasteiger partial charge on any atom is 0.154 e. The lowest BCUT2D eigenvalue weighted by molar-refractivity contribution is 0.145. The van der Waals surface area contributed by atoms with Crippen molar-refractivity contribution in [2.45, 2.75) is 18.9 Å². The van der Waals surface area contributed by atoms with Crippen molar-refractivity contribution in [1.29, 1.82) is 0 Å². The van der Waals surface area contributed by atoms with Gasteiger partial charge in [0.15, 0.2) is 5.82 Å². The van der Waals surface area contributed by atoms with Crippen molar-refractivity contribution in [3.8, 4) is 0 Å². The summed E-state index contributed by atoms with van der Waals surface area (Å²) in [5.74, 6) is 0.965. The van der Waals surface area contributed by atoms with E-state index in [2.05, 4.69) is 15.0 Å². The molecule has 3 rings (SSSR count). The van der Waals surface area contributed by atoms with Crippen LogP contribution in [0, 0.1) is 0 Å². The Hall–Kier alpha value is -1.62. The van der Waals surface area contributed by atoms with Gasteiger partial charge in [0, 0.05) is 25.5 Å². The van der Waals surface area contributed by atoms with E-state index in [4.69, 9.17) is 0 Å². The molecular formula is C11H14N4O. The predicted molar refractivity (Wildman–Crippen MR) is 60.4 cm³/mol. The summed E-state index contributed by atoms with van der Waals surface area (Å²) in [7, 11) is 0. The first kappa shape index (κ1) is 9.59. The molecule has 16 heavy (non-hydrogen) atoms. The molecule has 3 heterocycles. The number of aliphatic hydroxyl groups excluding tert-OH is 1. The summed E-state index contributed by atoms with van der Waals surface area (Å²) < 4.78 is 1.83. The fourth-order valence-electron chi connectivity index (χ4n) is 2.16. The van der Waals surface area contributed by atoms with Gasteiger partial charge in [-0.2, -0.15) is 5.10 Å². The van der Waals surface area contributed by atoms with E-state index in [1.165, 1.54) is 0 Å². The van der Waals surface area contributed by atoms with Crippen molar-refractivity contribution in [2.24, 2.45) is 0 Å². The zero-order valence-electron chi connectivity index (χ0n) is 8.95. The fourth-order valence-corrected chi connectivity index (χ4v) is 2.16. The van der Waals surface area contributed by atoms with E-state index in [1.54, 1.807) is 12.4 Å². The van der Waals surface area contributed by atoms with E-state index in [-0.39, 0.29) is 6.10 Å². The first-order valence-corrected chi connectivity index (χ1v) is 5.56. The molecule has 0 amide bonds. The molecule has 5 heteroatoms. The molecule has 0 radical (unpaired) electrons. The topological polar surface area (TPSA) is 53.7 Å². The van der Waals surface area contributed by atoms with Gasteiger partial charge in [-0.1, -0.05) is 0 Å². The van der Waals surface area contributed by atoms with Crippen LogP contribution in [0.2, 0.25) is 0 Å². The van der Waals surface area contributed by atoms with Crippen molar-refractivity contribution in [2.75, 3.05) is 18.0 Å². The number of piperidine rings is 1. The summed E-state index contributed by atoms with van der Waals surface area (Å²) in [5.41, 5.74) is 1.03. The van der Waals surface area contributed by atoms with Crippen LogP contribution in [0.15, 0.2) is 24.7 Å². The van der Waals surface area contributed by atoms with Crippen molar-refractivity contribution in [3.05, 3.63) is 24.7 Å². The van der Waals surface area contributed by atoms with Gasteiger partial charge >= 0.3 is 0 Å². The Bertz CT molecular complexity index is 487. The zero-order valence-corrected chi connectivity index (χ0v) is 8.95. The van der Waals surface area contributed by atoms with E-state index in [0.717, 1.165) is 37.3 Å². The lowest BCUT2D eigenvalue weighted by Gasteiger charge is -2.30. The first-order valence-electron chi connectivity index (χ1n) is 5.56. The molecule has 1 N–H and O–H groups in total. The number of rotatable bonds is 1. The van der Waals surface area contributed by atoms with Crippen LogP contribution in [0.3, 0.4) is 0 Å². The standard InChI is InChI=1S/C11H14N4O/c16-9-2-6-14(7-3-9)11-10-1-4-13-15(10)8-5-12-11/h1,4-5,8-9,16H,2-3,6-7H2. The summed E-state index contributed by atoms with van der Waals surface area (Å²) in [6, 6.07) is 1.97. The number of fused-ring (bicyclic) bond motifs is 1. The molecule has 0 aliphatic carbocycles. The van der Waals surface area contributed by atoms with Crippen LogP contribution in [0.25, 0.3) is 5.52 Å². The van der Waals surface area contributed by atoms with Crippen molar-refractivity contribution >= 4 is 11.3 Å². The van der Waals surface area contributed by atoms with E-state index in [0.29, 0.717) is 0 Å². The normalized spacial score (nSPS) is 18.2. The van der Waals surface area contributed by atoms with Crippen molar-refractivity contribution in [3.63, 3.8) is 0 Å². The number of hydrogen-bond donors (Lipinski definition) is 1. The number of aliphatic hydroxyl groups is 1. The summed E-state index contributed by atoms with van der Waals surface area (Å²) >= 11 is 0. The summed E-state index contributed by atoms with van der Waals surface area (Å²) in [6.07, 6.45) is 6.87. The van der Waals surface area contributed by atoms with Crippen LogP contribution in [-0.4, -0.2) is 38.9 Å². The van der Waals surface area contributed by atoms with Gasteiger partial charge in [0.1, 0.15) is 5.52 Å². The molecular weight excluding hydrogens is 204 g/mol. The van der Waals surface area contributed by atoms with Gasteiger partial charge < -0.3 is 10.0 Å². The molecule has 5 nitrogen and oxygen atoms in total. The second kappa shape index (κ2) is 3.75. The monoisotopic (exact) mass is 218 g/mol. The minimum Gasteiger partial charge on any atom is -0.393 e. The molecule has 2 aromatic heterocycles. The minimum atomic E-state index is -0.152. The van der Waals surface area contributed by atoms with Crippen LogP contribution < -0.4 is 4.90 Å². The Morgan fingerprint density at radius 3 is 2.88 bits per heavy atom. The molecule has 1 fully saturated rings. The summed E-state index contributed by atoms with van der Waals surface area (Å²) in [4.78, 5) is 6.62. The maximum atomic E-state index is 9.48. The zero-order chi connectivity index (χ0) is 11.0. The second-order valence-corrected chi connectivity index (χ2v) is 4.13. The highest BCUT2D eigenvalue weighted by Crippen LogP contribution is 2.21. The van der Waals surface area contributed by atoms with Crippen molar-refractivity contribution in [1.82, 2.24) is 14.6 Å². The number of aromatic nitrogens is 3. The van der Waals surface area contributed by atoms with Gasteiger partial charge in [0.25, 0.3) is 0 Å². The lowest BCUT2D eigenvalue weighted by atomic mass is 10.1. The van der Waals surface area contributed by atoms with E-state index >= 15 is 0 Å². The van der Waals surface area contributed by atoms with Gasteiger partial charge in [0.05, 0.1) is 12.3 Å². The smallest absolute Gasteiger partial charge is 0.154 e. The third kappa shape index (κ3) is 1.53. The molecule has 1 saturated heterocycles. The Kier molecular flexibility index (Phi) is 2.25. The third-order valence-electron chi connectivity index (χ3n) is 3.07. The van der Waals surface area contributed by atoms with E-state index < -0.39 is 0 Å². The Morgan fingerprint density at radius 2 is 2.06 bits per heavy atom. The Morgan fingerprint density at radius 1 is 1.25 bits per heavy atom. The van der Waals surface area contributed by atoms with Gasteiger partial charge in [0.2, 0.25) is 0 Å².